The molecule has 4 rings (SSSR count). The van der Waals surface area contributed by atoms with E-state index in [1.807, 2.05) is 0 Å². The van der Waals surface area contributed by atoms with Gasteiger partial charge in [-0.1, -0.05) is 19.1 Å². The number of imide groups is 1. The first-order valence-electron chi connectivity index (χ1n) is 10.9. The number of amides is 2. The van der Waals surface area contributed by atoms with Crippen LogP contribution in [0.1, 0.15) is 32.6 Å². The normalized spacial score (nSPS) is 33.1. The van der Waals surface area contributed by atoms with E-state index in [0.717, 1.165) is 25.3 Å². The van der Waals surface area contributed by atoms with Crippen LogP contribution in [0.4, 0.5) is 0 Å². The number of carbonyl (C=O) groups is 2. The number of guanidine groups is 1. The molecule has 5 atom stereocenters. The molecule has 2 heterocycles. The molecule has 1 saturated carbocycles. The topological polar surface area (TPSA) is 77.0 Å². The minimum Gasteiger partial charge on any atom is -0.355 e. The van der Waals surface area contributed by atoms with E-state index in [4.69, 9.17) is 0 Å². The molecule has 0 aromatic rings. The monoisotopic (exact) mass is 387 g/mol. The fraction of sp³-hybridized carbons (Fsp3) is 0.762. The van der Waals surface area contributed by atoms with E-state index in [9.17, 15) is 9.59 Å². The third kappa shape index (κ3) is 3.45. The zero-order valence-corrected chi connectivity index (χ0v) is 17.1. The molecule has 0 spiro atoms. The molecule has 2 aliphatic heterocycles. The second kappa shape index (κ2) is 8.23. The summed E-state index contributed by atoms with van der Waals surface area (Å²) in [7, 11) is 1.76. The second-order valence-electron chi connectivity index (χ2n) is 8.51. The van der Waals surface area contributed by atoms with Crippen molar-refractivity contribution >= 4 is 17.8 Å². The molecule has 2 N–H and O–H groups in total. The minimum atomic E-state index is -0.106. The van der Waals surface area contributed by atoms with Crippen molar-refractivity contribution in [2.45, 2.75) is 38.6 Å². The van der Waals surface area contributed by atoms with Gasteiger partial charge in [-0.25, -0.2) is 0 Å². The summed E-state index contributed by atoms with van der Waals surface area (Å²) in [5.41, 5.74) is 0. The maximum absolute atomic E-state index is 12.7. The number of hydrogen-bond acceptors (Lipinski definition) is 4. The van der Waals surface area contributed by atoms with Crippen LogP contribution in [0.25, 0.3) is 0 Å². The van der Waals surface area contributed by atoms with Crippen molar-refractivity contribution in [1.82, 2.24) is 20.4 Å². The Hall–Kier alpha value is -1.89. The molecule has 28 heavy (non-hydrogen) atoms. The van der Waals surface area contributed by atoms with Crippen LogP contribution in [0.2, 0.25) is 0 Å². The van der Waals surface area contributed by atoms with E-state index < -0.39 is 0 Å². The number of aliphatic imine (C=N–C) groups is 1. The zero-order chi connectivity index (χ0) is 19.7. The fourth-order valence-corrected chi connectivity index (χ4v) is 5.54. The number of carbonyl (C=O) groups excluding carboxylic acids is 2. The maximum atomic E-state index is 12.7. The Bertz CT molecular complexity index is 640. The van der Waals surface area contributed by atoms with E-state index in [-0.39, 0.29) is 35.5 Å². The van der Waals surface area contributed by atoms with Gasteiger partial charge in [0.2, 0.25) is 11.8 Å². The number of nitrogens with zero attached hydrogens (tertiary/aromatic N) is 3. The van der Waals surface area contributed by atoms with Crippen molar-refractivity contribution in [2.75, 3.05) is 39.8 Å². The molecule has 4 aliphatic rings. The summed E-state index contributed by atoms with van der Waals surface area (Å²) in [6.07, 6.45) is 8.94. The predicted octanol–water partition coefficient (Wildman–Crippen LogP) is 0.833. The van der Waals surface area contributed by atoms with E-state index in [1.54, 1.807) is 7.05 Å². The summed E-state index contributed by atoms with van der Waals surface area (Å²) < 4.78 is 0. The van der Waals surface area contributed by atoms with Crippen LogP contribution in [0.15, 0.2) is 17.1 Å². The molecule has 3 fully saturated rings. The van der Waals surface area contributed by atoms with Crippen LogP contribution in [0, 0.1) is 23.7 Å². The van der Waals surface area contributed by atoms with Crippen LogP contribution >= 0.6 is 0 Å². The van der Waals surface area contributed by atoms with Crippen molar-refractivity contribution < 1.29 is 9.59 Å². The molecule has 0 aromatic heterocycles. The lowest BCUT2D eigenvalue weighted by Gasteiger charge is -2.27. The van der Waals surface area contributed by atoms with Gasteiger partial charge < -0.3 is 10.6 Å². The Morgan fingerprint density at radius 1 is 1.14 bits per heavy atom. The van der Waals surface area contributed by atoms with Crippen LogP contribution in [0.3, 0.4) is 0 Å². The largest absolute Gasteiger partial charge is 0.355 e. The van der Waals surface area contributed by atoms with Crippen molar-refractivity contribution in [1.29, 1.82) is 0 Å². The lowest BCUT2D eigenvalue weighted by molar-refractivity contribution is -0.140. The van der Waals surface area contributed by atoms with Gasteiger partial charge in [-0.15, -0.1) is 0 Å². The molecule has 7 heteroatoms. The standard InChI is InChI=1S/C21H33N5O2/c1-3-16(25-9-4-5-10-25)13-24-21(22-2)23-8-11-26-19(27)17-14-6-7-15(12-14)18(17)20(26)28/h6-7,14-18H,3-5,8-13H2,1-2H3,(H2,22,23,24). The number of rotatable bonds is 7. The van der Waals surface area contributed by atoms with Gasteiger partial charge in [0.1, 0.15) is 0 Å². The molecule has 7 nitrogen and oxygen atoms in total. The Morgan fingerprint density at radius 3 is 2.36 bits per heavy atom. The van der Waals surface area contributed by atoms with Gasteiger partial charge in [-0.05, 0) is 50.6 Å². The molecule has 2 amide bonds. The van der Waals surface area contributed by atoms with Gasteiger partial charge in [0.25, 0.3) is 0 Å². The van der Waals surface area contributed by atoms with Crippen LogP contribution < -0.4 is 10.6 Å². The molecule has 154 valence electrons. The smallest absolute Gasteiger partial charge is 0.233 e. The molecule has 2 bridgehead atoms. The van der Waals surface area contributed by atoms with E-state index in [2.05, 4.69) is 39.6 Å². The number of nitrogens with one attached hydrogen (secondary N) is 2. The van der Waals surface area contributed by atoms with Gasteiger partial charge in [-0.2, -0.15) is 0 Å². The Balaban J connectivity index is 1.24. The maximum Gasteiger partial charge on any atom is 0.233 e. The number of fused-ring (bicyclic) bond motifs is 5. The minimum absolute atomic E-state index is 0.0247. The van der Waals surface area contributed by atoms with Crippen molar-refractivity contribution in [3.63, 3.8) is 0 Å². The van der Waals surface area contributed by atoms with Gasteiger partial charge in [0.15, 0.2) is 5.96 Å². The first-order valence-corrected chi connectivity index (χ1v) is 10.9. The lowest BCUT2D eigenvalue weighted by atomic mass is 9.85. The first kappa shape index (κ1) is 19.4. The average molecular weight is 388 g/mol. The van der Waals surface area contributed by atoms with Gasteiger partial charge in [0.05, 0.1) is 11.8 Å². The second-order valence-corrected chi connectivity index (χ2v) is 8.51. The number of allylic oxidation sites excluding steroid dienone is 2. The first-order chi connectivity index (χ1) is 13.6. The summed E-state index contributed by atoms with van der Waals surface area (Å²) in [5, 5.41) is 6.68. The Labute approximate surface area is 167 Å². The van der Waals surface area contributed by atoms with Gasteiger partial charge in [0, 0.05) is 32.7 Å². The highest BCUT2D eigenvalue weighted by Gasteiger charge is 2.58. The zero-order valence-electron chi connectivity index (χ0n) is 17.1. The third-order valence-corrected chi connectivity index (χ3v) is 7.05. The Kier molecular flexibility index (Phi) is 5.71. The summed E-state index contributed by atoms with van der Waals surface area (Å²) in [5.74, 6) is 1.12. The van der Waals surface area contributed by atoms with Crippen molar-refractivity contribution in [2.24, 2.45) is 28.7 Å². The highest BCUT2D eigenvalue weighted by molar-refractivity contribution is 6.06. The molecule has 2 saturated heterocycles. The number of hydrogen-bond donors (Lipinski definition) is 2. The predicted molar refractivity (Wildman–Crippen MR) is 109 cm³/mol. The van der Waals surface area contributed by atoms with E-state index in [0.29, 0.717) is 19.1 Å². The van der Waals surface area contributed by atoms with Crippen molar-refractivity contribution in [3.8, 4) is 0 Å². The molecule has 5 unspecified atom stereocenters. The Morgan fingerprint density at radius 2 is 1.79 bits per heavy atom. The third-order valence-electron chi connectivity index (χ3n) is 7.05. The number of likely N-dealkylation sites (tertiary alicyclic amines) is 2. The molecular weight excluding hydrogens is 354 g/mol. The van der Waals surface area contributed by atoms with Crippen LogP contribution in [0.5, 0.6) is 0 Å². The molecular formula is C21H33N5O2. The summed E-state index contributed by atoms with van der Waals surface area (Å²) in [6.45, 7) is 6.39. The van der Waals surface area contributed by atoms with E-state index >= 15 is 0 Å². The molecule has 0 aromatic carbocycles. The SMILES string of the molecule is CCC(CNC(=NC)NCCN1C(=O)C2C3C=CC(C3)C2C1=O)N1CCCC1. The van der Waals surface area contributed by atoms with E-state index in [1.165, 1.54) is 30.8 Å². The summed E-state index contributed by atoms with van der Waals surface area (Å²) in [4.78, 5) is 33.8. The molecule has 2 aliphatic carbocycles. The van der Waals surface area contributed by atoms with Gasteiger partial charge >= 0.3 is 0 Å². The van der Waals surface area contributed by atoms with Gasteiger partial charge in [-0.3, -0.25) is 24.4 Å². The summed E-state index contributed by atoms with van der Waals surface area (Å²) in [6, 6.07) is 0.519. The lowest BCUT2D eigenvalue weighted by Crippen LogP contribution is -2.48. The van der Waals surface area contributed by atoms with Crippen molar-refractivity contribution in [3.05, 3.63) is 12.2 Å². The molecule has 0 radical (unpaired) electrons. The van der Waals surface area contributed by atoms with Crippen LogP contribution in [-0.2, 0) is 9.59 Å². The van der Waals surface area contributed by atoms with Crippen LogP contribution in [-0.4, -0.2) is 73.4 Å². The average Bonchev–Trinajstić information content (AvgIpc) is 3.48. The quantitative estimate of drug-likeness (QED) is 0.293. The highest BCUT2D eigenvalue weighted by Crippen LogP contribution is 2.52. The summed E-state index contributed by atoms with van der Waals surface area (Å²) >= 11 is 0. The fourth-order valence-electron chi connectivity index (χ4n) is 5.54. The highest BCUT2D eigenvalue weighted by atomic mass is 16.2.